The number of Topliss-reactive ketones (excluding diaryl/α,β-unsaturated/α-hetero) is 1. The van der Waals surface area contributed by atoms with Gasteiger partial charge in [-0.05, 0) is 19.3 Å². The van der Waals surface area contributed by atoms with Crippen molar-refractivity contribution in [1.82, 2.24) is 0 Å². The zero-order valence-electron chi connectivity index (χ0n) is 7.81. The number of carbonyl (C=O) groups is 1. The molecule has 64 valence electrons. The molecule has 1 fully saturated rings. The van der Waals surface area contributed by atoms with Crippen molar-refractivity contribution in [3.05, 3.63) is 0 Å². The average Bonchev–Trinajstić information content (AvgIpc) is 1.86. The van der Waals surface area contributed by atoms with Gasteiger partial charge >= 0.3 is 0 Å². The molecule has 0 aromatic rings. The lowest BCUT2D eigenvalue weighted by atomic mass is 9.62. The molecule has 1 rings (SSSR count). The van der Waals surface area contributed by atoms with E-state index in [1.54, 1.807) is 0 Å². The lowest BCUT2D eigenvalue weighted by molar-refractivity contribution is -0.137. The highest BCUT2D eigenvalue weighted by Crippen LogP contribution is 2.45. The fourth-order valence-corrected chi connectivity index (χ4v) is 1.99. The van der Waals surface area contributed by atoms with Crippen LogP contribution in [-0.2, 0) is 4.79 Å². The SMILES string of the molecule is CCC1(C(=O)C(C)C)CCC1. The van der Waals surface area contributed by atoms with Gasteiger partial charge in [-0.25, -0.2) is 0 Å². The van der Waals surface area contributed by atoms with E-state index in [-0.39, 0.29) is 11.3 Å². The molecular weight excluding hydrogens is 136 g/mol. The minimum absolute atomic E-state index is 0.105. The van der Waals surface area contributed by atoms with Crippen LogP contribution in [0.2, 0.25) is 0 Å². The van der Waals surface area contributed by atoms with Crippen LogP contribution in [0.1, 0.15) is 46.5 Å². The van der Waals surface area contributed by atoms with E-state index in [2.05, 4.69) is 6.92 Å². The topological polar surface area (TPSA) is 17.1 Å². The summed E-state index contributed by atoms with van der Waals surface area (Å²) in [6, 6.07) is 0. The van der Waals surface area contributed by atoms with Crippen LogP contribution in [-0.4, -0.2) is 5.78 Å². The van der Waals surface area contributed by atoms with Crippen LogP contribution in [0, 0.1) is 11.3 Å². The molecule has 0 amide bonds. The molecule has 0 spiro atoms. The van der Waals surface area contributed by atoms with Crippen molar-refractivity contribution in [2.24, 2.45) is 11.3 Å². The van der Waals surface area contributed by atoms with Gasteiger partial charge < -0.3 is 0 Å². The summed E-state index contributed by atoms with van der Waals surface area (Å²) in [5.74, 6) is 0.724. The maximum absolute atomic E-state index is 11.7. The van der Waals surface area contributed by atoms with E-state index in [4.69, 9.17) is 0 Å². The molecule has 0 aromatic carbocycles. The largest absolute Gasteiger partial charge is 0.299 e. The first-order valence-electron chi connectivity index (χ1n) is 4.67. The number of carbonyl (C=O) groups excluding carboxylic acids is 1. The molecule has 0 saturated heterocycles. The van der Waals surface area contributed by atoms with Crippen LogP contribution in [0.15, 0.2) is 0 Å². The molecule has 1 nitrogen and oxygen atoms in total. The van der Waals surface area contributed by atoms with Crippen molar-refractivity contribution < 1.29 is 4.79 Å². The van der Waals surface area contributed by atoms with Gasteiger partial charge in [0.15, 0.2) is 0 Å². The molecular formula is C10H18O. The van der Waals surface area contributed by atoms with Crippen LogP contribution >= 0.6 is 0 Å². The van der Waals surface area contributed by atoms with Crippen LogP contribution in [0.5, 0.6) is 0 Å². The standard InChI is InChI=1S/C10H18O/c1-4-10(6-5-7-10)9(11)8(2)3/h8H,4-7H2,1-3H3. The summed E-state index contributed by atoms with van der Waals surface area (Å²) in [5, 5.41) is 0. The second-order valence-electron chi connectivity index (χ2n) is 4.01. The number of ketones is 1. The van der Waals surface area contributed by atoms with E-state index in [1.807, 2.05) is 13.8 Å². The summed E-state index contributed by atoms with van der Waals surface area (Å²) in [4.78, 5) is 11.7. The van der Waals surface area contributed by atoms with Crippen molar-refractivity contribution in [3.8, 4) is 0 Å². The number of hydrogen-bond acceptors (Lipinski definition) is 1. The molecule has 0 N–H and O–H groups in total. The second kappa shape index (κ2) is 2.96. The molecule has 1 aliphatic rings. The first-order chi connectivity index (χ1) is 5.12. The maximum Gasteiger partial charge on any atom is 0.141 e. The molecule has 11 heavy (non-hydrogen) atoms. The average molecular weight is 154 g/mol. The summed E-state index contributed by atoms with van der Waals surface area (Å²) in [6.07, 6.45) is 4.58. The van der Waals surface area contributed by atoms with E-state index in [9.17, 15) is 4.79 Å². The Morgan fingerprint density at radius 3 is 2.09 bits per heavy atom. The van der Waals surface area contributed by atoms with E-state index < -0.39 is 0 Å². The number of hydrogen-bond donors (Lipinski definition) is 0. The van der Waals surface area contributed by atoms with Gasteiger partial charge in [-0.2, -0.15) is 0 Å². The van der Waals surface area contributed by atoms with Crippen molar-refractivity contribution in [1.29, 1.82) is 0 Å². The molecule has 0 bridgehead atoms. The third-order valence-corrected chi connectivity index (χ3v) is 3.03. The molecule has 0 radical (unpaired) electrons. The highest BCUT2D eigenvalue weighted by atomic mass is 16.1. The molecule has 1 saturated carbocycles. The van der Waals surface area contributed by atoms with E-state index in [0.29, 0.717) is 5.78 Å². The Labute approximate surface area is 69.2 Å². The van der Waals surface area contributed by atoms with E-state index in [1.165, 1.54) is 6.42 Å². The first-order valence-corrected chi connectivity index (χ1v) is 4.67. The van der Waals surface area contributed by atoms with Crippen molar-refractivity contribution in [2.45, 2.75) is 46.5 Å². The van der Waals surface area contributed by atoms with Gasteiger partial charge in [0.05, 0.1) is 0 Å². The summed E-state index contributed by atoms with van der Waals surface area (Å²) < 4.78 is 0. The molecule has 0 aliphatic heterocycles. The Kier molecular flexibility index (Phi) is 2.36. The Morgan fingerprint density at radius 1 is 1.45 bits per heavy atom. The fraction of sp³-hybridized carbons (Fsp3) is 0.900. The highest BCUT2D eigenvalue weighted by Gasteiger charge is 2.42. The van der Waals surface area contributed by atoms with Crippen LogP contribution in [0.3, 0.4) is 0 Å². The Morgan fingerprint density at radius 2 is 2.00 bits per heavy atom. The monoisotopic (exact) mass is 154 g/mol. The zero-order valence-corrected chi connectivity index (χ0v) is 7.81. The first kappa shape index (κ1) is 8.76. The third-order valence-electron chi connectivity index (χ3n) is 3.03. The smallest absolute Gasteiger partial charge is 0.141 e. The van der Waals surface area contributed by atoms with Crippen molar-refractivity contribution >= 4 is 5.78 Å². The molecule has 1 heteroatoms. The quantitative estimate of drug-likeness (QED) is 0.611. The van der Waals surface area contributed by atoms with Gasteiger partial charge in [0.2, 0.25) is 0 Å². The van der Waals surface area contributed by atoms with Crippen LogP contribution < -0.4 is 0 Å². The van der Waals surface area contributed by atoms with Gasteiger partial charge in [0.1, 0.15) is 5.78 Å². The summed E-state index contributed by atoms with van der Waals surface area (Å²) in [7, 11) is 0. The van der Waals surface area contributed by atoms with Gasteiger partial charge in [0, 0.05) is 11.3 Å². The lowest BCUT2D eigenvalue weighted by Crippen LogP contribution is -2.39. The van der Waals surface area contributed by atoms with Gasteiger partial charge in [0.25, 0.3) is 0 Å². The van der Waals surface area contributed by atoms with Crippen LogP contribution in [0.4, 0.5) is 0 Å². The molecule has 1 aliphatic carbocycles. The Hall–Kier alpha value is -0.330. The Balaban J connectivity index is 2.62. The minimum atomic E-state index is 0.105. The fourth-order valence-electron chi connectivity index (χ4n) is 1.99. The molecule has 0 aromatic heterocycles. The van der Waals surface area contributed by atoms with Gasteiger partial charge in [-0.1, -0.05) is 27.2 Å². The Bertz CT molecular complexity index is 149. The number of rotatable bonds is 3. The highest BCUT2D eigenvalue weighted by molar-refractivity contribution is 5.87. The van der Waals surface area contributed by atoms with Gasteiger partial charge in [-0.15, -0.1) is 0 Å². The molecule has 0 atom stereocenters. The van der Waals surface area contributed by atoms with E-state index >= 15 is 0 Å². The predicted molar refractivity (Wildman–Crippen MR) is 46.4 cm³/mol. The summed E-state index contributed by atoms with van der Waals surface area (Å²) in [6.45, 7) is 6.16. The third kappa shape index (κ3) is 1.33. The van der Waals surface area contributed by atoms with Crippen molar-refractivity contribution in [2.75, 3.05) is 0 Å². The van der Waals surface area contributed by atoms with Gasteiger partial charge in [-0.3, -0.25) is 4.79 Å². The maximum atomic E-state index is 11.7. The summed E-state index contributed by atoms with van der Waals surface area (Å²) >= 11 is 0. The van der Waals surface area contributed by atoms with Crippen LogP contribution in [0.25, 0.3) is 0 Å². The molecule has 0 heterocycles. The second-order valence-corrected chi connectivity index (χ2v) is 4.01. The molecule has 0 unspecified atom stereocenters. The zero-order chi connectivity index (χ0) is 8.48. The normalized spacial score (nSPS) is 21.5. The minimum Gasteiger partial charge on any atom is -0.299 e. The van der Waals surface area contributed by atoms with Crippen molar-refractivity contribution in [3.63, 3.8) is 0 Å². The van der Waals surface area contributed by atoms with E-state index in [0.717, 1.165) is 19.3 Å². The predicted octanol–water partition coefficient (Wildman–Crippen LogP) is 2.79. The lowest BCUT2D eigenvalue weighted by Gasteiger charge is -2.40. The summed E-state index contributed by atoms with van der Waals surface area (Å²) in [5.41, 5.74) is 0.105.